The highest BCUT2D eigenvalue weighted by Crippen LogP contribution is 2.36. The Morgan fingerprint density at radius 1 is 1.00 bits per heavy atom. The normalized spacial score (nSPS) is 14.3. The van der Waals surface area contributed by atoms with Crippen molar-refractivity contribution in [1.29, 1.82) is 0 Å². The van der Waals surface area contributed by atoms with Gasteiger partial charge in [-0.05, 0) is 55.5 Å². The summed E-state index contributed by atoms with van der Waals surface area (Å²) in [4.78, 5) is 12.9. The molecule has 0 saturated heterocycles. The minimum Gasteiger partial charge on any atom is -0.497 e. The lowest BCUT2D eigenvalue weighted by atomic mass is 10.1. The van der Waals surface area contributed by atoms with Gasteiger partial charge in [0.15, 0.2) is 5.76 Å². The molecule has 0 bridgehead atoms. The van der Waals surface area contributed by atoms with Crippen LogP contribution in [0.25, 0.3) is 17.0 Å². The molecule has 0 atom stereocenters. The summed E-state index contributed by atoms with van der Waals surface area (Å²) in [7, 11) is -2.57. The maximum Gasteiger partial charge on any atom is 0.339 e. The second-order valence-corrected chi connectivity index (χ2v) is 9.24. The van der Waals surface area contributed by atoms with Crippen LogP contribution in [0.4, 0.5) is 0 Å². The van der Waals surface area contributed by atoms with Gasteiger partial charge in [-0.2, -0.15) is 8.42 Å². The molecule has 0 N–H and O–H groups in total. The van der Waals surface area contributed by atoms with Gasteiger partial charge in [-0.15, -0.1) is 0 Å². The van der Waals surface area contributed by atoms with Crippen molar-refractivity contribution in [2.24, 2.45) is 0 Å². The maximum atomic E-state index is 12.9. The maximum absolute atomic E-state index is 12.9. The fourth-order valence-corrected chi connectivity index (χ4v) is 4.85. The van der Waals surface area contributed by atoms with Gasteiger partial charge in [-0.3, -0.25) is 4.79 Å². The van der Waals surface area contributed by atoms with Crippen LogP contribution in [0, 0.1) is 0 Å². The van der Waals surface area contributed by atoms with Gasteiger partial charge in [0, 0.05) is 35.3 Å². The van der Waals surface area contributed by atoms with Gasteiger partial charge >= 0.3 is 10.1 Å². The number of benzene rings is 3. The van der Waals surface area contributed by atoms with E-state index in [2.05, 4.69) is 11.5 Å². The Morgan fingerprint density at radius 2 is 1.74 bits per heavy atom. The van der Waals surface area contributed by atoms with Crippen molar-refractivity contribution in [3.05, 3.63) is 89.8 Å². The number of carbonyl (C=O) groups is 1. The van der Waals surface area contributed by atoms with E-state index in [0.717, 1.165) is 23.0 Å². The van der Waals surface area contributed by atoms with E-state index in [1.54, 1.807) is 6.08 Å². The van der Waals surface area contributed by atoms with Gasteiger partial charge in [-0.25, -0.2) is 0 Å². The highest BCUT2D eigenvalue weighted by atomic mass is 32.2. The van der Waals surface area contributed by atoms with E-state index in [1.807, 2.05) is 30.5 Å². The first-order valence-corrected chi connectivity index (χ1v) is 12.0. The summed E-state index contributed by atoms with van der Waals surface area (Å²) in [6.07, 6.45) is 3.69. The van der Waals surface area contributed by atoms with Crippen molar-refractivity contribution in [3.63, 3.8) is 0 Å². The Bertz CT molecular complexity index is 1550. The van der Waals surface area contributed by atoms with E-state index in [-0.39, 0.29) is 27.9 Å². The third-order valence-corrected chi connectivity index (χ3v) is 6.90. The standard InChI is InChI=1S/C26H21NO6S/c1-3-27-16-17(21-6-4-5-7-23(21)27)14-25-26(28)22-13-10-19(15-24(22)32-25)33-34(29,30)20-11-8-18(31-2)9-12-20/h4-16H,3H2,1-2H3. The first kappa shape index (κ1) is 21.8. The molecule has 0 fully saturated rings. The number of allylic oxidation sites excluding steroid dienone is 1. The summed E-state index contributed by atoms with van der Waals surface area (Å²) in [6.45, 7) is 2.85. The van der Waals surface area contributed by atoms with Gasteiger partial charge in [0.1, 0.15) is 22.1 Å². The number of nitrogens with zero attached hydrogens (tertiary/aromatic N) is 1. The van der Waals surface area contributed by atoms with Crippen LogP contribution in [0.1, 0.15) is 22.8 Å². The van der Waals surface area contributed by atoms with Gasteiger partial charge in [-0.1, -0.05) is 18.2 Å². The van der Waals surface area contributed by atoms with Crippen molar-refractivity contribution >= 4 is 32.9 Å². The monoisotopic (exact) mass is 475 g/mol. The number of rotatable bonds is 6. The molecule has 172 valence electrons. The molecule has 1 aromatic heterocycles. The van der Waals surface area contributed by atoms with Crippen LogP contribution >= 0.6 is 0 Å². The third-order valence-electron chi connectivity index (χ3n) is 5.64. The van der Waals surface area contributed by atoms with Crippen LogP contribution in [-0.2, 0) is 16.7 Å². The summed E-state index contributed by atoms with van der Waals surface area (Å²) >= 11 is 0. The van der Waals surface area contributed by atoms with Crippen molar-refractivity contribution in [1.82, 2.24) is 4.57 Å². The zero-order chi connectivity index (χ0) is 23.9. The molecular weight excluding hydrogens is 454 g/mol. The number of methoxy groups -OCH3 is 1. The number of ether oxygens (including phenoxy) is 2. The molecule has 3 aromatic carbocycles. The number of carbonyl (C=O) groups excluding carboxylic acids is 1. The third kappa shape index (κ3) is 3.82. The largest absolute Gasteiger partial charge is 0.497 e. The van der Waals surface area contributed by atoms with E-state index in [1.165, 1.54) is 49.6 Å². The molecule has 0 saturated carbocycles. The molecule has 0 spiro atoms. The second kappa shape index (κ2) is 8.39. The van der Waals surface area contributed by atoms with Crippen LogP contribution in [-0.4, -0.2) is 25.9 Å². The average Bonchev–Trinajstić information content (AvgIpc) is 3.36. The Labute approximate surface area is 196 Å². The van der Waals surface area contributed by atoms with Crippen LogP contribution < -0.4 is 13.7 Å². The molecular formula is C26H21NO6S. The summed E-state index contributed by atoms with van der Waals surface area (Å²) in [5.74, 6) is 0.728. The summed E-state index contributed by atoms with van der Waals surface area (Å²) in [5, 5.41) is 1.01. The van der Waals surface area contributed by atoms with Crippen molar-refractivity contribution in [2.75, 3.05) is 7.11 Å². The smallest absolute Gasteiger partial charge is 0.339 e. The van der Waals surface area contributed by atoms with Crippen LogP contribution in [0.15, 0.2) is 83.6 Å². The molecule has 2 heterocycles. The summed E-state index contributed by atoms with van der Waals surface area (Å²) in [6, 6.07) is 18.2. The van der Waals surface area contributed by atoms with E-state index < -0.39 is 10.1 Å². The van der Waals surface area contributed by atoms with E-state index in [0.29, 0.717) is 11.3 Å². The summed E-state index contributed by atoms with van der Waals surface area (Å²) in [5.41, 5.74) is 2.28. The molecule has 7 nitrogen and oxygen atoms in total. The number of hydrogen-bond acceptors (Lipinski definition) is 6. The van der Waals surface area contributed by atoms with Gasteiger partial charge < -0.3 is 18.2 Å². The predicted molar refractivity (Wildman–Crippen MR) is 128 cm³/mol. The fourth-order valence-electron chi connectivity index (χ4n) is 3.93. The van der Waals surface area contributed by atoms with E-state index in [9.17, 15) is 13.2 Å². The molecule has 0 amide bonds. The predicted octanol–water partition coefficient (Wildman–Crippen LogP) is 5.05. The highest BCUT2D eigenvalue weighted by molar-refractivity contribution is 7.87. The number of aromatic nitrogens is 1. The van der Waals surface area contributed by atoms with Crippen molar-refractivity contribution < 1.29 is 26.9 Å². The quantitative estimate of drug-likeness (QED) is 0.287. The number of aryl methyl sites for hydroxylation is 1. The minimum atomic E-state index is -4.07. The topological polar surface area (TPSA) is 83.8 Å². The zero-order valence-electron chi connectivity index (χ0n) is 18.5. The number of Topliss-reactive ketones (excluding diaryl/α,β-unsaturated/α-hetero) is 1. The van der Waals surface area contributed by atoms with Crippen LogP contribution in [0.5, 0.6) is 17.2 Å². The number of hydrogen-bond donors (Lipinski definition) is 0. The molecule has 0 aliphatic carbocycles. The number of ketones is 1. The van der Waals surface area contributed by atoms with Crippen molar-refractivity contribution in [3.8, 4) is 17.2 Å². The molecule has 0 radical (unpaired) electrons. The molecule has 4 aromatic rings. The van der Waals surface area contributed by atoms with E-state index in [4.69, 9.17) is 13.7 Å². The Morgan fingerprint density at radius 3 is 2.47 bits per heavy atom. The summed E-state index contributed by atoms with van der Waals surface area (Å²) < 4.78 is 43.5. The SMILES string of the molecule is CCn1cc(C=C2Oc3cc(OS(=O)(=O)c4ccc(OC)cc4)ccc3C2=O)c2ccccc21. The molecule has 34 heavy (non-hydrogen) atoms. The van der Waals surface area contributed by atoms with Crippen LogP contribution in [0.2, 0.25) is 0 Å². The number of fused-ring (bicyclic) bond motifs is 2. The highest BCUT2D eigenvalue weighted by Gasteiger charge is 2.29. The van der Waals surface area contributed by atoms with E-state index >= 15 is 0 Å². The average molecular weight is 476 g/mol. The lowest BCUT2D eigenvalue weighted by Crippen LogP contribution is -2.09. The fraction of sp³-hybridized carbons (Fsp3) is 0.115. The Balaban J connectivity index is 1.43. The number of para-hydroxylation sites is 1. The molecule has 1 aliphatic heterocycles. The minimum absolute atomic E-state index is 0.0151. The zero-order valence-corrected chi connectivity index (χ0v) is 19.3. The molecule has 5 rings (SSSR count). The Kier molecular flexibility index (Phi) is 5.37. The molecule has 8 heteroatoms. The molecule has 0 unspecified atom stereocenters. The molecule has 1 aliphatic rings. The second-order valence-electron chi connectivity index (χ2n) is 7.70. The Hall–Kier alpha value is -4.04. The van der Waals surface area contributed by atoms with Gasteiger partial charge in [0.25, 0.3) is 0 Å². The lowest BCUT2D eigenvalue weighted by Gasteiger charge is -2.08. The van der Waals surface area contributed by atoms with Gasteiger partial charge in [0.05, 0.1) is 12.7 Å². The van der Waals surface area contributed by atoms with Crippen LogP contribution in [0.3, 0.4) is 0 Å². The van der Waals surface area contributed by atoms with Gasteiger partial charge in [0.2, 0.25) is 5.78 Å². The van der Waals surface area contributed by atoms with Crippen molar-refractivity contribution in [2.45, 2.75) is 18.4 Å². The first-order valence-electron chi connectivity index (χ1n) is 10.6. The first-order chi connectivity index (χ1) is 16.4. The lowest BCUT2D eigenvalue weighted by molar-refractivity contribution is 0.101.